The summed E-state index contributed by atoms with van der Waals surface area (Å²) < 4.78 is 36.9. The van der Waals surface area contributed by atoms with E-state index in [1.807, 2.05) is 0 Å². The van der Waals surface area contributed by atoms with Crippen molar-refractivity contribution in [1.82, 2.24) is 5.32 Å². The maximum Gasteiger partial charge on any atom is 0.405 e. The Hall–Kier alpha value is -1.29. The summed E-state index contributed by atoms with van der Waals surface area (Å²) >= 11 is 0. The van der Waals surface area contributed by atoms with Crippen LogP contribution in [-0.4, -0.2) is 30.3 Å². The minimum atomic E-state index is -4.50. The van der Waals surface area contributed by atoms with Crippen LogP contribution in [0, 0.1) is 29.1 Å². The number of aliphatic carboxylic acids is 1. The van der Waals surface area contributed by atoms with Crippen molar-refractivity contribution < 1.29 is 23.1 Å². The summed E-state index contributed by atoms with van der Waals surface area (Å²) in [4.78, 5) is 10.7. The molecular weight excluding hydrogens is 261 g/mol. The average Bonchev–Trinajstić information content (AvgIpc) is 2.33. The number of carboxylic acids is 1. The number of nitrogens with one attached hydrogen (secondary N) is 1. The van der Waals surface area contributed by atoms with Crippen LogP contribution in [-0.2, 0) is 4.79 Å². The second kappa shape index (κ2) is 6.75. The van der Waals surface area contributed by atoms with Gasteiger partial charge in [-0.1, -0.05) is 0 Å². The second-order valence-electron chi connectivity index (χ2n) is 4.94. The van der Waals surface area contributed by atoms with Gasteiger partial charge in [0.2, 0.25) is 0 Å². The van der Waals surface area contributed by atoms with Gasteiger partial charge in [0.05, 0.1) is 12.0 Å². The Labute approximate surface area is 109 Å². The highest BCUT2D eigenvalue weighted by Gasteiger charge is 2.39. The van der Waals surface area contributed by atoms with Crippen molar-refractivity contribution in [3.05, 3.63) is 0 Å². The summed E-state index contributed by atoms with van der Waals surface area (Å²) in [6.07, 6.45) is -1.95. The number of carboxylic acid groups (broad SMARTS) is 1. The number of halogens is 3. The quantitative estimate of drug-likeness (QED) is 0.808. The van der Waals surface area contributed by atoms with E-state index in [0.29, 0.717) is 32.2 Å². The molecule has 4 nitrogen and oxygen atoms in total. The molecule has 1 saturated carbocycles. The third kappa shape index (κ3) is 5.07. The van der Waals surface area contributed by atoms with Crippen LogP contribution in [0.5, 0.6) is 0 Å². The SMILES string of the molecule is N#CC(CNCC1CCC(C(=O)O)CC1)C(F)(F)F. The molecule has 1 rings (SSSR count). The molecule has 0 aromatic carbocycles. The molecular formula is C12H17F3N2O2. The van der Waals surface area contributed by atoms with Crippen LogP contribution in [0.3, 0.4) is 0 Å². The minimum absolute atomic E-state index is 0.197. The molecule has 0 heterocycles. The molecule has 1 unspecified atom stereocenters. The number of nitrogens with zero attached hydrogens (tertiary/aromatic N) is 1. The Morgan fingerprint density at radius 3 is 2.37 bits per heavy atom. The maximum atomic E-state index is 12.3. The van der Waals surface area contributed by atoms with Crippen molar-refractivity contribution in [2.75, 3.05) is 13.1 Å². The van der Waals surface area contributed by atoms with Gasteiger partial charge in [-0.15, -0.1) is 0 Å². The van der Waals surface area contributed by atoms with Crippen molar-refractivity contribution in [3.63, 3.8) is 0 Å². The van der Waals surface area contributed by atoms with Crippen LogP contribution < -0.4 is 5.32 Å². The first kappa shape index (κ1) is 15.8. The molecule has 0 aromatic heterocycles. The molecule has 0 aromatic rings. The summed E-state index contributed by atoms with van der Waals surface area (Å²) in [7, 11) is 0. The van der Waals surface area contributed by atoms with Gasteiger partial charge in [-0.2, -0.15) is 18.4 Å². The number of carbonyl (C=O) groups is 1. The van der Waals surface area contributed by atoms with Crippen LogP contribution in [0.25, 0.3) is 0 Å². The molecule has 2 N–H and O–H groups in total. The zero-order chi connectivity index (χ0) is 14.5. The van der Waals surface area contributed by atoms with Gasteiger partial charge in [-0.3, -0.25) is 4.79 Å². The molecule has 19 heavy (non-hydrogen) atoms. The van der Waals surface area contributed by atoms with Crippen LogP contribution in [0.1, 0.15) is 25.7 Å². The van der Waals surface area contributed by atoms with Gasteiger partial charge in [0, 0.05) is 6.54 Å². The first-order valence-electron chi connectivity index (χ1n) is 6.24. The van der Waals surface area contributed by atoms with E-state index in [0.717, 1.165) is 0 Å². The topological polar surface area (TPSA) is 73.1 Å². The van der Waals surface area contributed by atoms with E-state index in [2.05, 4.69) is 5.32 Å². The molecule has 0 aliphatic heterocycles. The van der Waals surface area contributed by atoms with Crippen LogP contribution >= 0.6 is 0 Å². The van der Waals surface area contributed by atoms with Gasteiger partial charge in [-0.25, -0.2) is 0 Å². The van der Waals surface area contributed by atoms with E-state index in [-0.39, 0.29) is 11.8 Å². The lowest BCUT2D eigenvalue weighted by Gasteiger charge is -2.26. The second-order valence-corrected chi connectivity index (χ2v) is 4.94. The fraction of sp³-hybridized carbons (Fsp3) is 0.833. The van der Waals surface area contributed by atoms with Crippen LogP contribution in [0.15, 0.2) is 0 Å². The zero-order valence-corrected chi connectivity index (χ0v) is 10.4. The van der Waals surface area contributed by atoms with Gasteiger partial charge in [0.25, 0.3) is 0 Å². The number of rotatable bonds is 5. The van der Waals surface area contributed by atoms with E-state index >= 15 is 0 Å². The predicted molar refractivity (Wildman–Crippen MR) is 61.1 cm³/mol. The first-order valence-corrected chi connectivity index (χ1v) is 6.24. The normalized spacial score (nSPS) is 25.6. The molecule has 0 spiro atoms. The Morgan fingerprint density at radius 1 is 1.37 bits per heavy atom. The maximum absolute atomic E-state index is 12.3. The number of nitriles is 1. The molecule has 1 aliphatic rings. The number of alkyl halides is 3. The molecule has 7 heteroatoms. The summed E-state index contributed by atoms with van der Waals surface area (Å²) in [5.74, 6) is -2.91. The fourth-order valence-corrected chi connectivity index (χ4v) is 2.28. The fourth-order valence-electron chi connectivity index (χ4n) is 2.28. The van der Waals surface area contributed by atoms with E-state index in [1.54, 1.807) is 0 Å². The Morgan fingerprint density at radius 2 is 1.95 bits per heavy atom. The summed E-state index contributed by atoms with van der Waals surface area (Å²) in [5, 5.41) is 19.9. The van der Waals surface area contributed by atoms with Crippen LogP contribution in [0.4, 0.5) is 13.2 Å². The largest absolute Gasteiger partial charge is 0.481 e. The molecule has 1 aliphatic carbocycles. The highest BCUT2D eigenvalue weighted by molar-refractivity contribution is 5.69. The summed E-state index contributed by atoms with van der Waals surface area (Å²) in [5.41, 5.74) is 0. The van der Waals surface area contributed by atoms with Gasteiger partial charge >= 0.3 is 12.1 Å². The average molecular weight is 278 g/mol. The summed E-state index contributed by atoms with van der Waals surface area (Å²) in [6.45, 7) is -0.000538. The lowest BCUT2D eigenvalue weighted by atomic mass is 9.82. The van der Waals surface area contributed by atoms with E-state index in [4.69, 9.17) is 10.4 Å². The van der Waals surface area contributed by atoms with Crippen LogP contribution in [0.2, 0.25) is 0 Å². The zero-order valence-electron chi connectivity index (χ0n) is 10.4. The first-order chi connectivity index (χ1) is 8.84. The third-order valence-corrected chi connectivity index (χ3v) is 3.53. The lowest BCUT2D eigenvalue weighted by molar-refractivity contribution is -0.157. The molecule has 108 valence electrons. The van der Waals surface area contributed by atoms with E-state index in [1.165, 1.54) is 6.07 Å². The van der Waals surface area contributed by atoms with E-state index in [9.17, 15) is 18.0 Å². The molecule has 0 radical (unpaired) electrons. The smallest absolute Gasteiger partial charge is 0.405 e. The van der Waals surface area contributed by atoms with Crippen molar-refractivity contribution in [2.24, 2.45) is 17.8 Å². The van der Waals surface area contributed by atoms with E-state index < -0.39 is 24.6 Å². The van der Waals surface area contributed by atoms with Gasteiger partial charge in [0.15, 0.2) is 5.92 Å². The molecule has 0 bridgehead atoms. The Balaban J connectivity index is 2.25. The lowest BCUT2D eigenvalue weighted by Crippen LogP contribution is -2.36. The monoisotopic (exact) mass is 278 g/mol. The van der Waals surface area contributed by atoms with Gasteiger partial charge in [-0.05, 0) is 38.1 Å². The van der Waals surface area contributed by atoms with Crippen molar-refractivity contribution in [3.8, 4) is 6.07 Å². The molecule has 1 atom stereocenters. The van der Waals surface area contributed by atoms with Gasteiger partial charge < -0.3 is 10.4 Å². The number of hydrogen-bond donors (Lipinski definition) is 2. The van der Waals surface area contributed by atoms with Crippen molar-refractivity contribution in [1.29, 1.82) is 5.26 Å². The highest BCUT2D eigenvalue weighted by Crippen LogP contribution is 2.29. The van der Waals surface area contributed by atoms with Crippen molar-refractivity contribution >= 4 is 5.97 Å². The predicted octanol–water partition coefficient (Wildman–Crippen LogP) is 2.17. The molecule has 0 saturated heterocycles. The minimum Gasteiger partial charge on any atom is -0.481 e. The van der Waals surface area contributed by atoms with Gasteiger partial charge in [0.1, 0.15) is 0 Å². The highest BCUT2D eigenvalue weighted by atomic mass is 19.4. The standard InChI is InChI=1S/C12H17F3N2O2/c13-12(14,15)10(5-16)7-17-6-8-1-3-9(4-2-8)11(18)19/h8-10,17H,1-4,6-7H2,(H,18,19). The summed E-state index contributed by atoms with van der Waals surface area (Å²) in [6, 6.07) is 1.24. The molecule has 1 fully saturated rings. The Bertz CT molecular complexity index is 344. The Kier molecular flexibility index (Phi) is 5.60. The number of hydrogen-bond acceptors (Lipinski definition) is 3. The third-order valence-electron chi connectivity index (χ3n) is 3.53. The molecule has 0 amide bonds. The van der Waals surface area contributed by atoms with Crippen molar-refractivity contribution in [2.45, 2.75) is 31.9 Å².